The van der Waals surface area contributed by atoms with Gasteiger partial charge in [-0.3, -0.25) is 4.79 Å². The van der Waals surface area contributed by atoms with Gasteiger partial charge in [0.05, 0.1) is 14.2 Å². The zero-order valence-electron chi connectivity index (χ0n) is 13.5. The maximum Gasteiger partial charge on any atom is 0.221 e. The van der Waals surface area contributed by atoms with E-state index >= 15 is 0 Å². The standard InChI is InChI=1S/C16H25N3O3/c1-11(17)6-16(20)18-12-4-5-19(10-12)13-7-14(21-2)9-15(8-13)22-3/h7-9,11-12H,4-6,10,17H2,1-3H3,(H,18,20). The number of hydrogen-bond acceptors (Lipinski definition) is 5. The van der Waals surface area contributed by atoms with Crippen LogP contribution in [0.2, 0.25) is 0 Å². The summed E-state index contributed by atoms with van der Waals surface area (Å²) < 4.78 is 10.6. The van der Waals surface area contributed by atoms with E-state index in [1.54, 1.807) is 14.2 Å². The molecule has 1 saturated heterocycles. The molecule has 1 fully saturated rings. The van der Waals surface area contributed by atoms with Gasteiger partial charge in [0.1, 0.15) is 11.5 Å². The lowest BCUT2D eigenvalue weighted by Crippen LogP contribution is -2.39. The Morgan fingerprint density at radius 3 is 2.55 bits per heavy atom. The zero-order valence-corrected chi connectivity index (χ0v) is 13.5. The Balaban J connectivity index is 1.99. The van der Waals surface area contributed by atoms with Gasteiger partial charge in [0, 0.05) is 55.5 Å². The second-order valence-electron chi connectivity index (χ2n) is 5.75. The Hall–Kier alpha value is -1.95. The van der Waals surface area contributed by atoms with Gasteiger partial charge in [0.15, 0.2) is 0 Å². The summed E-state index contributed by atoms with van der Waals surface area (Å²) in [5.41, 5.74) is 6.69. The molecule has 2 rings (SSSR count). The molecule has 22 heavy (non-hydrogen) atoms. The Bertz CT molecular complexity index is 497. The largest absolute Gasteiger partial charge is 0.497 e. The lowest BCUT2D eigenvalue weighted by atomic mass is 10.2. The molecule has 2 atom stereocenters. The molecule has 1 amide bonds. The molecule has 0 spiro atoms. The molecular formula is C16H25N3O3. The minimum Gasteiger partial charge on any atom is -0.497 e. The number of anilines is 1. The molecule has 0 saturated carbocycles. The minimum absolute atomic E-state index is 0.0186. The Labute approximate surface area is 131 Å². The number of carbonyl (C=O) groups excluding carboxylic acids is 1. The number of ether oxygens (including phenoxy) is 2. The van der Waals surface area contributed by atoms with Crippen LogP contribution in [0.3, 0.4) is 0 Å². The maximum atomic E-state index is 11.8. The molecule has 0 aromatic heterocycles. The van der Waals surface area contributed by atoms with Gasteiger partial charge in [0.25, 0.3) is 0 Å². The first-order valence-electron chi connectivity index (χ1n) is 7.54. The van der Waals surface area contributed by atoms with Crippen LogP contribution < -0.4 is 25.4 Å². The van der Waals surface area contributed by atoms with Crippen LogP contribution in [-0.2, 0) is 4.79 Å². The molecule has 1 heterocycles. The summed E-state index contributed by atoms with van der Waals surface area (Å²) in [7, 11) is 3.28. The number of nitrogens with two attached hydrogens (primary N) is 1. The van der Waals surface area contributed by atoms with Crippen molar-refractivity contribution in [2.24, 2.45) is 5.73 Å². The third-order valence-electron chi connectivity index (χ3n) is 3.76. The van der Waals surface area contributed by atoms with Gasteiger partial charge in [-0.2, -0.15) is 0 Å². The molecule has 2 unspecified atom stereocenters. The van der Waals surface area contributed by atoms with Crippen molar-refractivity contribution in [1.82, 2.24) is 5.32 Å². The molecule has 1 aromatic rings. The number of hydrogen-bond donors (Lipinski definition) is 2. The molecule has 0 bridgehead atoms. The lowest BCUT2D eigenvalue weighted by molar-refractivity contribution is -0.121. The van der Waals surface area contributed by atoms with E-state index in [4.69, 9.17) is 15.2 Å². The van der Waals surface area contributed by atoms with E-state index < -0.39 is 0 Å². The number of methoxy groups -OCH3 is 2. The predicted molar refractivity (Wildman–Crippen MR) is 86.6 cm³/mol. The number of rotatable bonds is 6. The van der Waals surface area contributed by atoms with E-state index in [9.17, 15) is 4.79 Å². The van der Waals surface area contributed by atoms with Gasteiger partial charge in [-0.15, -0.1) is 0 Å². The van der Waals surface area contributed by atoms with Crippen molar-refractivity contribution in [3.8, 4) is 11.5 Å². The summed E-state index contributed by atoms with van der Waals surface area (Å²) in [4.78, 5) is 14.0. The minimum atomic E-state index is -0.111. The first kappa shape index (κ1) is 16.4. The third-order valence-corrected chi connectivity index (χ3v) is 3.76. The molecule has 0 aliphatic carbocycles. The second kappa shape index (κ2) is 7.35. The number of benzene rings is 1. The molecule has 6 heteroatoms. The normalized spacial score (nSPS) is 18.9. The number of carbonyl (C=O) groups is 1. The monoisotopic (exact) mass is 307 g/mol. The van der Waals surface area contributed by atoms with Crippen LogP contribution in [-0.4, -0.2) is 45.3 Å². The van der Waals surface area contributed by atoms with Crippen molar-refractivity contribution < 1.29 is 14.3 Å². The van der Waals surface area contributed by atoms with Crippen LogP contribution >= 0.6 is 0 Å². The average molecular weight is 307 g/mol. The first-order chi connectivity index (χ1) is 10.5. The van der Waals surface area contributed by atoms with Gasteiger partial charge in [-0.1, -0.05) is 0 Å². The van der Waals surface area contributed by atoms with E-state index in [2.05, 4.69) is 10.2 Å². The smallest absolute Gasteiger partial charge is 0.221 e. The van der Waals surface area contributed by atoms with Gasteiger partial charge in [-0.05, 0) is 13.3 Å². The third kappa shape index (κ3) is 4.27. The highest BCUT2D eigenvalue weighted by molar-refractivity contribution is 5.77. The summed E-state index contributed by atoms with van der Waals surface area (Å²) in [5.74, 6) is 1.54. The molecule has 3 N–H and O–H groups in total. The summed E-state index contributed by atoms with van der Waals surface area (Å²) in [6.45, 7) is 3.50. The molecule has 1 aliphatic rings. The molecule has 6 nitrogen and oxygen atoms in total. The highest BCUT2D eigenvalue weighted by atomic mass is 16.5. The lowest BCUT2D eigenvalue weighted by Gasteiger charge is -2.20. The van der Waals surface area contributed by atoms with E-state index in [1.807, 2.05) is 25.1 Å². The SMILES string of the molecule is COc1cc(OC)cc(N2CCC(NC(=O)CC(C)N)C2)c1. The molecular weight excluding hydrogens is 282 g/mol. The van der Waals surface area contributed by atoms with Gasteiger partial charge in [0.2, 0.25) is 5.91 Å². The van der Waals surface area contributed by atoms with Crippen molar-refractivity contribution in [3.05, 3.63) is 18.2 Å². The van der Waals surface area contributed by atoms with Crippen LogP contribution in [0.5, 0.6) is 11.5 Å². The first-order valence-corrected chi connectivity index (χ1v) is 7.54. The Morgan fingerprint density at radius 1 is 1.36 bits per heavy atom. The fourth-order valence-electron chi connectivity index (χ4n) is 2.67. The topological polar surface area (TPSA) is 76.8 Å². The zero-order chi connectivity index (χ0) is 16.1. The summed E-state index contributed by atoms with van der Waals surface area (Å²) in [6.07, 6.45) is 1.29. The maximum absolute atomic E-state index is 11.8. The summed E-state index contributed by atoms with van der Waals surface area (Å²) in [5, 5.41) is 3.04. The quantitative estimate of drug-likeness (QED) is 0.824. The molecule has 1 aliphatic heterocycles. The van der Waals surface area contributed by atoms with Crippen LogP contribution in [0.15, 0.2) is 18.2 Å². The number of amides is 1. The van der Waals surface area contributed by atoms with Crippen LogP contribution in [0, 0.1) is 0 Å². The molecule has 122 valence electrons. The molecule has 1 aromatic carbocycles. The number of nitrogens with one attached hydrogen (secondary N) is 1. The highest BCUT2D eigenvalue weighted by Gasteiger charge is 2.25. The van der Waals surface area contributed by atoms with Crippen molar-refractivity contribution in [1.29, 1.82) is 0 Å². The van der Waals surface area contributed by atoms with E-state index in [0.717, 1.165) is 36.7 Å². The average Bonchev–Trinajstić information content (AvgIpc) is 2.94. The van der Waals surface area contributed by atoms with Gasteiger partial charge < -0.3 is 25.4 Å². The Morgan fingerprint density at radius 2 is 2.00 bits per heavy atom. The fraction of sp³-hybridized carbons (Fsp3) is 0.562. The van der Waals surface area contributed by atoms with Crippen molar-refractivity contribution >= 4 is 11.6 Å². The fourth-order valence-corrected chi connectivity index (χ4v) is 2.67. The van der Waals surface area contributed by atoms with Gasteiger partial charge in [-0.25, -0.2) is 0 Å². The van der Waals surface area contributed by atoms with E-state index in [0.29, 0.717) is 6.42 Å². The Kier molecular flexibility index (Phi) is 5.49. The van der Waals surface area contributed by atoms with Crippen molar-refractivity contribution in [2.75, 3.05) is 32.2 Å². The van der Waals surface area contributed by atoms with Gasteiger partial charge >= 0.3 is 0 Å². The van der Waals surface area contributed by atoms with E-state index in [1.165, 1.54) is 0 Å². The van der Waals surface area contributed by atoms with Crippen molar-refractivity contribution in [3.63, 3.8) is 0 Å². The van der Waals surface area contributed by atoms with Crippen molar-refractivity contribution in [2.45, 2.75) is 31.8 Å². The van der Waals surface area contributed by atoms with E-state index in [-0.39, 0.29) is 18.0 Å². The van der Waals surface area contributed by atoms with Crippen LogP contribution in [0.1, 0.15) is 19.8 Å². The highest BCUT2D eigenvalue weighted by Crippen LogP contribution is 2.30. The predicted octanol–water partition coefficient (Wildman–Crippen LogP) is 1.14. The van der Waals surface area contributed by atoms with Crippen LogP contribution in [0.4, 0.5) is 5.69 Å². The summed E-state index contributed by atoms with van der Waals surface area (Å²) in [6, 6.07) is 5.86. The molecule has 0 radical (unpaired) electrons. The summed E-state index contributed by atoms with van der Waals surface area (Å²) >= 11 is 0. The second-order valence-corrected chi connectivity index (χ2v) is 5.75. The van der Waals surface area contributed by atoms with Crippen LogP contribution in [0.25, 0.3) is 0 Å². The number of nitrogens with zero attached hydrogens (tertiary/aromatic N) is 1.